The molecule has 1 unspecified atom stereocenters. The summed E-state index contributed by atoms with van der Waals surface area (Å²) in [6.45, 7) is 3.25. The molecule has 0 bridgehead atoms. The molecule has 10 heteroatoms. The van der Waals surface area contributed by atoms with Gasteiger partial charge in [0.2, 0.25) is 5.91 Å². The molecule has 2 aliphatic heterocycles. The smallest absolute Gasteiger partial charge is 0.338 e. The molecule has 0 saturated heterocycles. The van der Waals surface area contributed by atoms with Crippen LogP contribution in [0.4, 0.5) is 0 Å². The molecule has 0 spiro atoms. The van der Waals surface area contributed by atoms with Crippen LogP contribution in [0.25, 0.3) is 5.70 Å². The number of rotatable bonds is 11. The molecule has 9 nitrogen and oxygen atoms in total. The van der Waals surface area contributed by atoms with Gasteiger partial charge in [0.15, 0.2) is 5.17 Å². The lowest BCUT2D eigenvalue weighted by atomic mass is 9.90. The standard InChI is InChI=1S/C29H34N4O5S/c1-6-38-28(35)25-26(19-10-8-7-9-11-19)31-29-33(20(18-39-29)16-24(34)30-14-15-32(2)3)27(25)22-13-12-21(36-4)17-23(22)37-5/h7-13,17-18,27H,6,14-16H2,1-5H3,(H,30,34). The molecule has 0 fully saturated rings. The number of carbonyl (C=O) groups is 2. The van der Waals surface area contributed by atoms with Gasteiger partial charge in [-0.25, -0.2) is 9.79 Å². The molecule has 0 aromatic heterocycles. The Morgan fingerprint density at radius 2 is 1.87 bits per heavy atom. The van der Waals surface area contributed by atoms with E-state index in [4.69, 9.17) is 19.2 Å². The van der Waals surface area contributed by atoms with Crippen LogP contribution in [-0.2, 0) is 14.3 Å². The quantitative estimate of drug-likeness (QED) is 0.419. The van der Waals surface area contributed by atoms with Crippen LogP contribution in [0.15, 0.2) is 70.2 Å². The Bertz CT molecular complexity index is 1310. The van der Waals surface area contributed by atoms with Crippen LogP contribution in [0.2, 0.25) is 0 Å². The van der Waals surface area contributed by atoms with Crippen molar-refractivity contribution in [2.45, 2.75) is 19.4 Å². The Balaban J connectivity index is 1.84. The first-order valence-corrected chi connectivity index (χ1v) is 13.6. The number of nitrogens with zero attached hydrogens (tertiary/aromatic N) is 3. The number of amidine groups is 1. The fourth-order valence-electron chi connectivity index (χ4n) is 4.47. The van der Waals surface area contributed by atoms with Gasteiger partial charge in [-0.3, -0.25) is 4.79 Å². The Morgan fingerprint density at radius 3 is 2.54 bits per heavy atom. The maximum Gasteiger partial charge on any atom is 0.338 e. The van der Waals surface area contributed by atoms with Crippen molar-refractivity contribution >= 4 is 34.5 Å². The number of methoxy groups -OCH3 is 2. The van der Waals surface area contributed by atoms with Crippen molar-refractivity contribution in [1.29, 1.82) is 0 Å². The second-order valence-electron chi connectivity index (χ2n) is 9.18. The first-order chi connectivity index (χ1) is 18.9. The normalized spacial score (nSPS) is 16.5. The van der Waals surface area contributed by atoms with Gasteiger partial charge in [0.25, 0.3) is 0 Å². The van der Waals surface area contributed by atoms with Gasteiger partial charge >= 0.3 is 5.97 Å². The largest absolute Gasteiger partial charge is 0.497 e. The second kappa shape index (κ2) is 12.9. The zero-order valence-corrected chi connectivity index (χ0v) is 23.7. The lowest BCUT2D eigenvalue weighted by Crippen LogP contribution is -2.38. The van der Waals surface area contributed by atoms with Crippen LogP contribution in [0.3, 0.4) is 0 Å². The fraction of sp³-hybridized carbons (Fsp3) is 0.345. The average molecular weight is 551 g/mol. The molecule has 2 aliphatic rings. The predicted octanol–water partition coefficient (Wildman–Crippen LogP) is 4.05. The van der Waals surface area contributed by atoms with Crippen molar-refractivity contribution in [3.05, 3.63) is 76.3 Å². The van der Waals surface area contributed by atoms with E-state index in [-0.39, 0.29) is 18.9 Å². The zero-order chi connectivity index (χ0) is 27.9. The fourth-order valence-corrected chi connectivity index (χ4v) is 5.39. The van der Waals surface area contributed by atoms with E-state index in [2.05, 4.69) is 5.32 Å². The third-order valence-electron chi connectivity index (χ3n) is 6.31. The molecule has 2 heterocycles. The summed E-state index contributed by atoms with van der Waals surface area (Å²) in [6, 6.07) is 14.4. The summed E-state index contributed by atoms with van der Waals surface area (Å²) >= 11 is 1.42. The second-order valence-corrected chi connectivity index (χ2v) is 10.0. The highest BCUT2D eigenvalue weighted by molar-refractivity contribution is 8.16. The summed E-state index contributed by atoms with van der Waals surface area (Å²) in [7, 11) is 7.08. The molecule has 1 N–H and O–H groups in total. The maximum atomic E-state index is 13.7. The van der Waals surface area contributed by atoms with Crippen LogP contribution in [0.1, 0.15) is 30.5 Å². The number of amides is 1. The van der Waals surface area contributed by atoms with Crippen LogP contribution < -0.4 is 14.8 Å². The number of hydrogen-bond donors (Lipinski definition) is 1. The molecule has 4 rings (SSSR count). The topological polar surface area (TPSA) is 92.7 Å². The van der Waals surface area contributed by atoms with Gasteiger partial charge in [-0.05, 0) is 38.6 Å². The number of likely N-dealkylation sites (N-methyl/N-ethyl adjacent to an activating group) is 1. The van der Waals surface area contributed by atoms with Gasteiger partial charge in [-0.15, -0.1) is 0 Å². The summed E-state index contributed by atoms with van der Waals surface area (Å²) in [5.74, 6) is 0.577. The molecule has 1 atom stereocenters. The minimum atomic E-state index is -0.650. The van der Waals surface area contributed by atoms with Crippen molar-refractivity contribution in [1.82, 2.24) is 15.1 Å². The monoisotopic (exact) mass is 550 g/mol. The number of hydrogen-bond acceptors (Lipinski definition) is 9. The maximum absolute atomic E-state index is 13.7. The predicted molar refractivity (Wildman–Crippen MR) is 153 cm³/mol. The van der Waals surface area contributed by atoms with Gasteiger partial charge in [0.1, 0.15) is 11.5 Å². The Hall–Kier alpha value is -3.76. The lowest BCUT2D eigenvalue weighted by molar-refractivity contribution is -0.139. The number of esters is 1. The van der Waals surface area contributed by atoms with Crippen molar-refractivity contribution in [3.8, 4) is 11.5 Å². The van der Waals surface area contributed by atoms with Gasteiger partial charge in [-0.2, -0.15) is 0 Å². The summed E-state index contributed by atoms with van der Waals surface area (Å²) in [5, 5.41) is 5.56. The Labute approximate surface area is 233 Å². The first kappa shape index (κ1) is 28.3. The van der Waals surface area contributed by atoms with Crippen molar-refractivity contribution in [2.75, 3.05) is 48.0 Å². The number of thioether (sulfide) groups is 1. The van der Waals surface area contributed by atoms with Crippen LogP contribution >= 0.6 is 11.8 Å². The number of nitrogens with one attached hydrogen (secondary N) is 1. The third kappa shape index (κ3) is 6.29. The van der Waals surface area contributed by atoms with Gasteiger partial charge in [0.05, 0.1) is 44.6 Å². The summed E-state index contributed by atoms with van der Waals surface area (Å²) in [4.78, 5) is 35.5. The molecule has 0 aliphatic carbocycles. The number of aliphatic imine (C=N–C) groups is 1. The van der Waals surface area contributed by atoms with Crippen molar-refractivity contribution in [3.63, 3.8) is 0 Å². The zero-order valence-electron chi connectivity index (χ0n) is 22.9. The molecule has 0 radical (unpaired) electrons. The molecule has 39 heavy (non-hydrogen) atoms. The van der Waals surface area contributed by atoms with E-state index >= 15 is 0 Å². The minimum Gasteiger partial charge on any atom is -0.497 e. The highest BCUT2D eigenvalue weighted by Crippen LogP contribution is 2.49. The Kier molecular flexibility index (Phi) is 9.32. The molecule has 206 valence electrons. The molecular formula is C29H34N4O5S. The molecule has 0 saturated carbocycles. The average Bonchev–Trinajstić information content (AvgIpc) is 3.34. The lowest BCUT2D eigenvalue weighted by Gasteiger charge is -2.37. The highest BCUT2D eigenvalue weighted by Gasteiger charge is 2.43. The summed E-state index contributed by atoms with van der Waals surface area (Å²) in [6.07, 6.45) is 0.130. The SMILES string of the molecule is CCOC(=O)C1=C(c2ccccc2)N=C2SC=C(CC(=O)NCCN(C)C)N2C1c1ccc(OC)cc1OC. The van der Waals surface area contributed by atoms with Crippen LogP contribution in [-0.4, -0.2) is 74.9 Å². The van der Waals surface area contributed by atoms with E-state index in [9.17, 15) is 9.59 Å². The van der Waals surface area contributed by atoms with Gasteiger partial charge < -0.3 is 29.3 Å². The van der Waals surface area contributed by atoms with E-state index in [1.165, 1.54) is 11.8 Å². The third-order valence-corrected chi connectivity index (χ3v) is 7.20. The molecule has 2 aromatic rings. The van der Waals surface area contributed by atoms with E-state index in [0.29, 0.717) is 34.5 Å². The highest BCUT2D eigenvalue weighted by atomic mass is 32.2. The molecule has 2 aromatic carbocycles. The van der Waals surface area contributed by atoms with Crippen LogP contribution in [0.5, 0.6) is 11.5 Å². The van der Waals surface area contributed by atoms with Crippen LogP contribution in [0, 0.1) is 0 Å². The number of benzene rings is 2. The summed E-state index contributed by atoms with van der Waals surface area (Å²) in [5.41, 5.74) is 3.15. The first-order valence-electron chi connectivity index (χ1n) is 12.7. The van der Waals surface area contributed by atoms with Gasteiger partial charge in [-0.1, -0.05) is 42.1 Å². The van der Waals surface area contributed by atoms with Crippen molar-refractivity contribution < 1.29 is 23.8 Å². The Morgan fingerprint density at radius 1 is 1.10 bits per heavy atom. The number of ether oxygens (including phenoxy) is 3. The molecular weight excluding hydrogens is 516 g/mol. The number of carbonyl (C=O) groups excluding carboxylic acids is 2. The van der Waals surface area contributed by atoms with E-state index in [1.807, 2.05) is 71.8 Å². The van der Waals surface area contributed by atoms with E-state index < -0.39 is 12.0 Å². The van der Waals surface area contributed by atoms with E-state index in [0.717, 1.165) is 23.4 Å². The summed E-state index contributed by atoms with van der Waals surface area (Å²) < 4.78 is 16.8. The van der Waals surface area contributed by atoms with Crippen molar-refractivity contribution in [2.24, 2.45) is 4.99 Å². The van der Waals surface area contributed by atoms with E-state index in [1.54, 1.807) is 27.2 Å². The van der Waals surface area contributed by atoms with Gasteiger partial charge in [0, 0.05) is 36.0 Å². The minimum absolute atomic E-state index is 0.110. The number of fused-ring (bicyclic) bond motifs is 1. The molecule has 1 amide bonds.